The van der Waals surface area contributed by atoms with Gasteiger partial charge in [-0.3, -0.25) is 4.79 Å². The van der Waals surface area contributed by atoms with Gasteiger partial charge in [-0.1, -0.05) is 25.9 Å². The normalized spacial score (nSPS) is 20.1. The summed E-state index contributed by atoms with van der Waals surface area (Å²) in [6, 6.07) is 0. The monoisotopic (exact) mass is 357 g/mol. The van der Waals surface area contributed by atoms with Crippen molar-refractivity contribution in [2.75, 3.05) is 24.6 Å². The molecule has 2 rings (SSSR count). The molecule has 2 atom stereocenters. The van der Waals surface area contributed by atoms with E-state index < -0.39 is 9.84 Å². The molecule has 1 aliphatic rings. The molecule has 0 aromatic carbocycles. The summed E-state index contributed by atoms with van der Waals surface area (Å²) >= 11 is 0. The first-order chi connectivity index (χ1) is 11.4. The maximum atomic E-state index is 12.3. The molecular formula is C16H27N3O4S. The Morgan fingerprint density at radius 2 is 2.17 bits per heavy atom. The standard InChI is InChI=1S/C16H27N3O4S/c1-4-12(3)16(20)19-9-6-7-13(11-19)15-17-14(18-23-15)8-10-24(21,22)5-2/h12-13H,4-11H2,1-3H3. The van der Waals surface area contributed by atoms with Crippen LogP contribution in [0.15, 0.2) is 4.52 Å². The van der Waals surface area contributed by atoms with Crippen molar-refractivity contribution in [2.45, 2.75) is 52.4 Å². The van der Waals surface area contributed by atoms with Gasteiger partial charge in [-0.15, -0.1) is 0 Å². The Labute approximate surface area is 143 Å². The molecule has 7 nitrogen and oxygen atoms in total. The van der Waals surface area contributed by atoms with E-state index in [2.05, 4.69) is 10.1 Å². The van der Waals surface area contributed by atoms with Crippen LogP contribution in [0, 0.1) is 5.92 Å². The van der Waals surface area contributed by atoms with E-state index in [-0.39, 0.29) is 35.7 Å². The highest BCUT2D eigenvalue weighted by Gasteiger charge is 2.30. The van der Waals surface area contributed by atoms with Crippen molar-refractivity contribution in [1.29, 1.82) is 0 Å². The molecule has 24 heavy (non-hydrogen) atoms. The quantitative estimate of drug-likeness (QED) is 0.739. The lowest BCUT2D eigenvalue weighted by Crippen LogP contribution is -2.41. The number of rotatable bonds is 7. The number of piperidine rings is 1. The molecule has 0 N–H and O–H groups in total. The van der Waals surface area contributed by atoms with Crippen LogP contribution >= 0.6 is 0 Å². The molecule has 0 saturated carbocycles. The van der Waals surface area contributed by atoms with Gasteiger partial charge in [0.2, 0.25) is 11.8 Å². The van der Waals surface area contributed by atoms with Crippen molar-refractivity contribution < 1.29 is 17.7 Å². The number of aromatic nitrogens is 2. The SMILES string of the molecule is CCC(C)C(=O)N1CCCC(c2nc(CCS(=O)(=O)CC)no2)C1. The van der Waals surface area contributed by atoms with Crippen LogP contribution in [-0.2, 0) is 21.1 Å². The van der Waals surface area contributed by atoms with Gasteiger partial charge in [-0.25, -0.2) is 8.42 Å². The zero-order valence-electron chi connectivity index (χ0n) is 14.7. The minimum absolute atomic E-state index is 0.0289. The number of nitrogens with zero attached hydrogens (tertiary/aromatic N) is 3. The Bertz CT molecular complexity index is 656. The van der Waals surface area contributed by atoms with Gasteiger partial charge in [-0.05, 0) is 19.3 Å². The number of hydrogen-bond donors (Lipinski definition) is 0. The summed E-state index contributed by atoms with van der Waals surface area (Å²) in [5.74, 6) is 1.33. The van der Waals surface area contributed by atoms with Crippen molar-refractivity contribution >= 4 is 15.7 Å². The van der Waals surface area contributed by atoms with Crippen molar-refractivity contribution in [3.63, 3.8) is 0 Å². The van der Waals surface area contributed by atoms with Crippen LogP contribution in [0.25, 0.3) is 0 Å². The fraction of sp³-hybridized carbons (Fsp3) is 0.812. The predicted octanol–water partition coefficient (Wildman–Crippen LogP) is 1.80. The molecule has 0 aliphatic carbocycles. The number of amides is 1. The molecule has 1 fully saturated rings. The summed E-state index contributed by atoms with van der Waals surface area (Å²) in [7, 11) is -3.04. The van der Waals surface area contributed by atoms with Gasteiger partial charge in [-0.2, -0.15) is 4.98 Å². The van der Waals surface area contributed by atoms with Gasteiger partial charge in [0.25, 0.3) is 0 Å². The summed E-state index contributed by atoms with van der Waals surface area (Å²) in [6.45, 7) is 6.96. The lowest BCUT2D eigenvalue weighted by Gasteiger charge is -2.32. The smallest absolute Gasteiger partial charge is 0.231 e. The zero-order chi connectivity index (χ0) is 17.7. The minimum atomic E-state index is -3.04. The van der Waals surface area contributed by atoms with Gasteiger partial charge in [0.05, 0.1) is 11.7 Å². The molecule has 1 aromatic heterocycles. The van der Waals surface area contributed by atoms with Crippen LogP contribution < -0.4 is 0 Å². The Balaban J connectivity index is 1.98. The highest BCUT2D eigenvalue weighted by molar-refractivity contribution is 7.91. The van der Waals surface area contributed by atoms with Crippen molar-refractivity contribution in [2.24, 2.45) is 5.92 Å². The predicted molar refractivity (Wildman–Crippen MR) is 90.3 cm³/mol. The number of carbonyl (C=O) groups is 1. The van der Waals surface area contributed by atoms with Crippen LogP contribution in [0.2, 0.25) is 0 Å². The fourth-order valence-corrected chi connectivity index (χ4v) is 3.57. The largest absolute Gasteiger partial charge is 0.342 e. The molecular weight excluding hydrogens is 330 g/mol. The summed E-state index contributed by atoms with van der Waals surface area (Å²) in [4.78, 5) is 18.6. The van der Waals surface area contributed by atoms with Gasteiger partial charge < -0.3 is 9.42 Å². The number of carbonyl (C=O) groups excluding carboxylic acids is 1. The van der Waals surface area contributed by atoms with Crippen LogP contribution in [-0.4, -0.2) is 54.0 Å². The first kappa shape index (κ1) is 18.9. The van der Waals surface area contributed by atoms with Crippen LogP contribution in [0.3, 0.4) is 0 Å². The van der Waals surface area contributed by atoms with E-state index in [1.54, 1.807) is 6.92 Å². The number of aryl methyl sites for hydroxylation is 1. The number of likely N-dealkylation sites (tertiary alicyclic amines) is 1. The summed E-state index contributed by atoms with van der Waals surface area (Å²) < 4.78 is 28.4. The molecule has 1 amide bonds. The Morgan fingerprint density at radius 3 is 2.83 bits per heavy atom. The third kappa shape index (κ3) is 4.78. The molecule has 1 aliphatic heterocycles. The van der Waals surface area contributed by atoms with Crippen molar-refractivity contribution in [3.8, 4) is 0 Å². The third-order valence-electron chi connectivity index (χ3n) is 4.68. The van der Waals surface area contributed by atoms with Crippen LogP contribution in [0.5, 0.6) is 0 Å². The molecule has 0 radical (unpaired) electrons. The number of hydrogen-bond acceptors (Lipinski definition) is 6. The molecule has 1 aromatic rings. The molecule has 1 saturated heterocycles. The lowest BCUT2D eigenvalue weighted by molar-refractivity contribution is -0.136. The first-order valence-electron chi connectivity index (χ1n) is 8.68. The van der Waals surface area contributed by atoms with Crippen molar-refractivity contribution in [1.82, 2.24) is 15.0 Å². The molecule has 0 bridgehead atoms. The minimum Gasteiger partial charge on any atom is -0.342 e. The van der Waals surface area contributed by atoms with E-state index in [9.17, 15) is 13.2 Å². The first-order valence-corrected chi connectivity index (χ1v) is 10.5. The molecule has 2 heterocycles. The van der Waals surface area contributed by atoms with E-state index in [1.165, 1.54) is 0 Å². The highest BCUT2D eigenvalue weighted by Crippen LogP contribution is 2.27. The van der Waals surface area contributed by atoms with Crippen molar-refractivity contribution in [3.05, 3.63) is 11.7 Å². The maximum Gasteiger partial charge on any atom is 0.231 e. The molecule has 136 valence electrons. The van der Waals surface area contributed by atoms with Crippen LogP contribution in [0.4, 0.5) is 0 Å². The second-order valence-electron chi connectivity index (χ2n) is 6.47. The summed E-state index contributed by atoms with van der Waals surface area (Å²) in [6.07, 6.45) is 2.91. The van der Waals surface area contributed by atoms with E-state index in [1.807, 2.05) is 18.7 Å². The second-order valence-corrected chi connectivity index (χ2v) is 8.94. The van der Waals surface area contributed by atoms with Gasteiger partial charge >= 0.3 is 0 Å². The molecule has 2 unspecified atom stereocenters. The average molecular weight is 357 g/mol. The summed E-state index contributed by atoms with van der Waals surface area (Å²) in [5, 5.41) is 3.90. The van der Waals surface area contributed by atoms with Gasteiger partial charge in [0.15, 0.2) is 5.82 Å². The topological polar surface area (TPSA) is 93.4 Å². The zero-order valence-corrected chi connectivity index (χ0v) is 15.5. The Kier molecular flexibility index (Phi) is 6.37. The van der Waals surface area contributed by atoms with E-state index in [0.717, 1.165) is 25.8 Å². The van der Waals surface area contributed by atoms with Crippen LogP contribution in [0.1, 0.15) is 57.7 Å². The Morgan fingerprint density at radius 1 is 1.42 bits per heavy atom. The lowest BCUT2D eigenvalue weighted by atomic mass is 9.96. The maximum absolute atomic E-state index is 12.3. The van der Waals surface area contributed by atoms with Gasteiger partial charge in [0, 0.05) is 31.2 Å². The van der Waals surface area contributed by atoms with E-state index in [4.69, 9.17) is 4.52 Å². The molecule has 0 spiro atoms. The average Bonchev–Trinajstić information content (AvgIpc) is 3.08. The van der Waals surface area contributed by atoms with Gasteiger partial charge in [0.1, 0.15) is 9.84 Å². The number of sulfone groups is 1. The highest BCUT2D eigenvalue weighted by atomic mass is 32.2. The van der Waals surface area contributed by atoms with E-state index >= 15 is 0 Å². The summed E-state index contributed by atoms with van der Waals surface area (Å²) in [5.41, 5.74) is 0. The fourth-order valence-electron chi connectivity index (χ4n) is 2.79. The van der Waals surface area contributed by atoms with E-state index in [0.29, 0.717) is 18.3 Å². The second kappa shape index (κ2) is 8.09. The Hall–Kier alpha value is -1.44. The third-order valence-corrected chi connectivity index (χ3v) is 6.38. The molecule has 8 heteroatoms.